The van der Waals surface area contributed by atoms with Crippen LogP contribution in [-0.4, -0.2) is 40.7 Å². The minimum Gasteiger partial charge on any atom is -0.480 e. The molecule has 0 aromatic heterocycles. The van der Waals surface area contributed by atoms with E-state index in [-0.39, 0.29) is 11.7 Å². The van der Waals surface area contributed by atoms with Crippen LogP contribution in [0.15, 0.2) is 12.2 Å². The number of carboxylic acids is 1. The zero-order valence-electron chi connectivity index (χ0n) is 11.3. The molecule has 2 atom stereocenters. The summed E-state index contributed by atoms with van der Waals surface area (Å²) < 4.78 is 0. The number of aliphatic hydroxyl groups is 1. The molecule has 1 unspecified atom stereocenters. The van der Waals surface area contributed by atoms with Gasteiger partial charge in [0, 0.05) is 0 Å². The Hall–Kier alpha value is -1.20. The number of Topliss-reactive ketones (excluding diaryl/α,β-unsaturated/α-hetero) is 1. The Labute approximate surface area is 108 Å². The van der Waals surface area contributed by atoms with Gasteiger partial charge in [-0.3, -0.25) is 9.59 Å². The highest BCUT2D eigenvalue weighted by Crippen LogP contribution is 2.05. The highest BCUT2D eigenvalue weighted by atomic mass is 16.4. The van der Waals surface area contributed by atoms with Gasteiger partial charge < -0.3 is 15.5 Å². The zero-order chi connectivity index (χ0) is 14.3. The van der Waals surface area contributed by atoms with Crippen molar-refractivity contribution in [3.63, 3.8) is 0 Å². The molecule has 18 heavy (non-hydrogen) atoms. The second-order valence-electron chi connectivity index (χ2n) is 4.82. The molecule has 0 bridgehead atoms. The summed E-state index contributed by atoms with van der Waals surface area (Å²) in [6, 6.07) is -0.598. The van der Waals surface area contributed by atoms with Crippen molar-refractivity contribution in [1.29, 1.82) is 0 Å². The lowest BCUT2D eigenvalue weighted by atomic mass is 10.0. The number of carbonyl (C=O) groups excluding carboxylic acids is 1. The Kier molecular flexibility index (Phi) is 7.47. The van der Waals surface area contributed by atoms with E-state index in [0.717, 1.165) is 0 Å². The number of hydrogen-bond acceptors (Lipinski definition) is 4. The van der Waals surface area contributed by atoms with Crippen LogP contribution in [0.25, 0.3) is 0 Å². The van der Waals surface area contributed by atoms with Crippen molar-refractivity contribution >= 4 is 11.8 Å². The van der Waals surface area contributed by atoms with Crippen LogP contribution in [0.5, 0.6) is 0 Å². The van der Waals surface area contributed by atoms with Crippen LogP contribution in [0, 0.1) is 5.92 Å². The first-order valence-electron chi connectivity index (χ1n) is 6.11. The molecule has 0 saturated heterocycles. The van der Waals surface area contributed by atoms with E-state index in [1.54, 1.807) is 6.92 Å². The largest absolute Gasteiger partial charge is 0.480 e. The van der Waals surface area contributed by atoms with Gasteiger partial charge in [-0.1, -0.05) is 20.4 Å². The summed E-state index contributed by atoms with van der Waals surface area (Å²) in [6.45, 7) is 9.14. The highest BCUT2D eigenvalue weighted by Gasteiger charge is 2.20. The van der Waals surface area contributed by atoms with Gasteiger partial charge in [-0.25, -0.2) is 0 Å². The fourth-order valence-electron chi connectivity index (χ4n) is 1.58. The topological polar surface area (TPSA) is 86.6 Å². The normalized spacial score (nSPS) is 14.3. The zero-order valence-corrected chi connectivity index (χ0v) is 11.3. The molecule has 3 N–H and O–H groups in total. The first-order valence-corrected chi connectivity index (χ1v) is 6.11. The monoisotopic (exact) mass is 257 g/mol. The molecule has 0 spiro atoms. The summed E-state index contributed by atoms with van der Waals surface area (Å²) in [5, 5.41) is 21.4. The molecule has 0 heterocycles. The fourth-order valence-corrected chi connectivity index (χ4v) is 1.58. The maximum Gasteiger partial charge on any atom is 0.320 e. The molecule has 0 radical (unpaired) electrons. The van der Waals surface area contributed by atoms with Crippen molar-refractivity contribution in [3.05, 3.63) is 12.2 Å². The van der Waals surface area contributed by atoms with Gasteiger partial charge in [0.05, 0.1) is 0 Å². The summed E-state index contributed by atoms with van der Waals surface area (Å²) in [4.78, 5) is 22.2. The Balaban J connectivity index is 3.95. The van der Waals surface area contributed by atoms with E-state index in [1.165, 1.54) is 0 Å². The summed E-state index contributed by atoms with van der Waals surface area (Å²) in [5.41, 5.74) is 0.334. The third-order valence-electron chi connectivity index (χ3n) is 2.67. The van der Waals surface area contributed by atoms with Gasteiger partial charge in [0.25, 0.3) is 0 Å². The molecular weight excluding hydrogens is 234 g/mol. The number of aliphatic carboxylic acids is 1. The van der Waals surface area contributed by atoms with Gasteiger partial charge in [0.15, 0.2) is 5.78 Å². The Morgan fingerprint density at radius 1 is 1.33 bits per heavy atom. The summed E-state index contributed by atoms with van der Waals surface area (Å²) in [5.74, 6) is -1.25. The van der Waals surface area contributed by atoms with Crippen LogP contribution >= 0.6 is 0 Å². The van der Waals surface area contributed by atoms with E-state index in [2.05, 4.69) is 11.9 Å². The molecule has 0 aromatic rings. The van der Waals surface area contributed by atoms with E-state index < -0.39 is 18.1 Å². The van der Waals surface area contributed by atoms with Crippen molar-refractivity contribution in [2.24, 2.45) is 5.92 Å². The van der Waals surface area contributed by atoms with Gasteiger partial charge >= 0.3 is 5.97 Å². The molecule has 0 aromatic carbocycles. The number of carboxylic acid groups (broad SMARTS) is 1. The SMILES string of the molecule is C=C(C)C(=O)C(O)CCCN[C@H](C(=O)O)C(C)C. The lowest BCUT2D eigenvalue weighted by Crippen LogP contribution is -2.41. The number of nitrogens with one attached hydrogen (secondary N) is 1. The number of hydrogen-bond donors (Lipinski definition) is 3. The Morgan fingerprint density at radius 2 is 1.89 bits per heavy atom. The van der Waals surface area contributed by atoms with Crippen LogP contribution in [0.2, 0.25) is 0 Å². The highest BCUT2D eigenvalue weighted by molar-refractivity contribution is 5.97. The standard InChI is InChI=1S/C13H23NO4/c1-8(2)11(13(17)18)14-7-5-6-10(15)12(16)9(3)4/h8,10-11,14-15H,3,5-7H2,1-2,4H3,(H,17,18)/t10?,11-/m0/s1. The molecule has 0 rings (SSSR count). The minimum absolute atomic E-state index is 0.00975. The number of ketones is 1. The van der Waals surface area contributed by atoms with E-state index in [9.17, 15) is 14.7 Å². The molecule has 0 aliphatic carbocycles. The van der Waals surface area contributed by atoms with Gasteiger partial charge in [-0.05, 0) is 37.8 Å². The second kappa shape index (κ2) is 8.00. The average molecular weight is 257 g/mol. The van der Waals surface area contributed by atoms with Crippen LogP contribution in [-0.2, 0) is 9.59 Å². The third kappa shape index (κ3) is 5.93. The molecule has 5 nitrogen and oxygen atoms in total. The molecule has 0 aliphatic heterocycles. The van der Waals surface area contributed by atoms with Crippen molar-refractivity contribution < 1.29 is 19.8 Å². The predicted octanol–water partition coefficient (Wildman–Crippen LogP) is 0.971. The molecular formula is C13H23NO4. The maximum atomic E-state index is 11.3. The van der Waals surface area contributed by atoms with Gasteiger partial charge in [-0.15, -0.1) is 0 Å². The van der Waals surface area contributed by atoms with E-state index in [0.29, 0.717) is 25.0 Å². The lowest BCUT2D eigenvalue weighted by molar-refractivity contribution is -0.140. The van der Waals surface area contributed by atoms with Crippen LogP contribution < -0.4 is 5.32 Å². The molecule has 0 aliphatic rings. The predicted molar refractivity (Wildman–Crippen MR) is 69.3 cm³/mol. The lowest BCUT2D eigenvalue weighted by Gasteiger charge is -2.18. The number of rotatable bonds is 9. The van der Waals surface area contributed by atoms with E-state index in [1.807, 2.05) is 13.8 Å². The number of carbonyl (C=O) groups is 2. The number of aliphatic hydroxyl groups excluding tert-OH is 1. The van der Waals surface area contributed by atoms with Crippen molar-refractivity contribution in [1.82, 2.24) is 5.32 Å². The van der Waals surface area contributed by atoms with Crippen LogP contribution in [0.3, 0.4) is 0 Å². The van der Waals surface area contributed by atoms with E-state index >= 15 is 0 Å². The summed E-state index contributed by atoms with van der Waals surface area (Å²) in [7, 11) is 0. The first-order chi connectivity index (χ1) is 8.27. The Bertz CT molecular complexity index is 312. The second-order valence-corrected chi connectivity index (χ2v) is 4.82. The van der Waals surface area contributed by atoms with Gasteiger partial charge in [-0.2, -0.15) is 0 Å². The van der Waals surface area contributed by atoms with E-state index in [4.69, 9.17) is 5.11 Å². The Morgan fingerprint density at radius 3 is 2.28 bits per heavy atom. The quantitative estimate of drug-likeness (QED) is 0.423. The first kappa shape index (κ1) is 16.8. The molecule has 0 fully saturated rings. The van der Waals surface area contributed by atoms with Crippen molar-refractivity contribution in [2.75, 3.05) is 6.54 Å². The minimum atomic E-state index is -1.04. The molecule has 5 heteroatoms. The average Bonchev–Trinajstić information content (AvgIpc) is 2.26. The van der Waals surface area contributed by atoms with Crippen LogP contribution in [0.1, 0.15) is 33.6 Å². The maximum absolute atomic E-state index is 11.3. The summed E-state index contributed by atoms with van der Waals surface area (Å²) in [6.07, 6.45) is -0.188. The molecule has 0 amide bonds. The smallest absolute Gasteiger partial charge is 0.320 e. The molecule has 104 valence electrons. The van der Waals surface area contributed by atoms with Crippen molar-refractivity contribution in [2.45, 2.75) is 45.8 Å². The molecule has 0 saturated carbocycles. The fraction of sp³-hybridized carbons (Fsp3) is 0.692. The van der Waals surface area contributed by atoms with Gasteiger partial charge in [0.2, 0.25) is 0 Å². The summed E-state index contributed by atoms with van der Waals surface area (Å²) >= 11 is 0. The van der Waals surface area contributed by atoms with Crippen LogP contribution in [0.4, 0.5) is 0 Å². The van der Waals surface area contributed by atoms with Gasteiger partial charge in [0.1, 0.15) is 12.1 Å². The van der Waals surface area contributed by atoms with Crippen molar-refractivity contribution in [3.8, 4) is 0 Å². The third-order valence-corrected chi connectivity index (χ3v) is 2.67.